The molecule has 1 amide bonds. The highest BCUT2D eigenvalue weighted by molar-refractivity contribution is 5.93. The fourth-order valence-corrected chi connectivity index (χ4v) is 2.65. The third-order valence-corrected chi connectivity index (χ3v) is 3.96. The molecule has 4 rings (SSSR count). The first-order valence-electron chi connectivity index (χ1n) is 8.00. The Morgan fingerprint density at radius 1 is 1.31 bits per heavy atom. The van der Waals surface area contributed by atoms with Crippen LogP contribution in [0.25, 0.3) is 22.7 Å². The Bertz CT molecular complexity index is 1030. The third-order valence-electron chi connectivity index (χ3n) is 3.96. The highest BCUT2D eigenvalue weighted by Gasteiger charge is 2.13. The van der Waals surface area contributed by atoms with Crippen LogP contribution < -0.4 is 5.32 Å². The number of carbonyl (C=O) groups excluding carboxylic acids is 1. The molecule has 2 N–H and O–H groups in total. The van der Waals surface area contributed by atoms with Crippen LogP contribution in [-0.4, -0.2) is 30.9 Å². The number of aromatic nitrogens is 5. The number of carbonyl (C=O) groups is 1. The molecule has 0 aliphatic rings. The molecule has 8 nitrogen and oxygen atoms in total. The number of amides is 1. The second-order valence-electron chi connectivity index (χ2n) is 5.75. The molecule has 0 saturated heterocycles. The van der Waals surface area contributed by atoms with Gasteiger partial charge in [0, 0.05) is 43.8 Å². The molecule has 4 aromatic rings. The third kappa shape index (κ3) is 3.12. The number of furan rings is 1. The lowest BCUT2D eigenvalue weighted by Gasteiger charge is -2.06. The monoisotopic (exact) mass is 348 g/mol. The molecular formula is C18H16N6O2. The zero-order valence-corrected chi connectivity index (χ0v) is 14.0. The molecule has 0 saturated carbocycles. The van der Waals surface area contributed by atoms with E-state index < -0.39 is 0 Å². The minimum atomic E-state index is -0.273. The first-order chi connectivity index (χ1) is 12.7. The molecule has 8 heteroatoms. The molecule has 0 bridgehead atoms. The maximum atomic E-state index is 12.3. The van der Waals surface area contributed by atoms with Crippen molar-refractivity contribution < 1.29 is 9.21 Å². The summed E-state index contributed by atoms with van der Waals surface area (Å²) in [5.41, 5.74) is 3.74. The number of aromatic amines is 1. The predicted octanol–water partition coefficient (Wildman–Crippen LogP) is 2.40. The van der Waals surface area contributed by atoms with Gasteiger partial charge in [0.2, 0.25) is 0 Å². The van der Waals surface area contributed by atoms with E-state index in [1.165, 1.54) is 0 Å². The predicted molar refractivity (Wildman–Crippen MR) is 93.9 cm³/mol. The molecule has 26 heavy (non-hydrogen) atoms. The van der Waals surface area contributed by atoms with Crippen LogP contribution in [0.1, 0.15) is 16.1 Å². The molecule has 4 aromatic heterocycles. The summed E-state index contributed by atoms with van der Waals surface area (Å²) in [4.78, 5) is 16.6. The number of hydrogen-bond donors (Lipinski definition) is 2. The molecule has 0 aromatic carbocycles. The van der Waals surface area contributed by atoms with E-state index in [2.05, 4.69) is 25.6 Å². The van der Waals surface area contributed by atoms with Crippen LogP contribution >= 0.6 is 0 Å². The van der Waals surface area contributed by atoms with E-state index in [9.17, 15) is 4.79 Å². The summed E-state index contributed by atoms with van der Waals surface area (Å²) in [6.45, 7) is 0.348. The van der Waals surface area contributed by atoms with Crippen LogP contribution in [0.15, 0.2) is 59.6 Å². The average molecular weight is 348 g/mol. The fraction of sp³-hybridized carbons (Fsp3) is 0.111. The van der Waals surface area contributed by atoms with Crippen molar-refractivity contribution in [2.24, 2.45) is 7.05 Å². The van der Waals surface area contributed by atoms with Crippen molar-refractivity contribution in [3.05, 3.63) is 66.4 Å². The standard InChI is InChI=1S/C18H16N6O2/c1-24-16(4-5-21-24)13-7-12(9-19-11-13)10-20-18(25)15-8-14(22-23-15)17-3-2-6-26-17/h2-9,11H,10H2,1H3,(H,20,25)(H,22,23). The van der Waals surface area contributed by atoms with E-state index in [0.29, 0.717) is 23.7 Å². The Hall–Kier alpha value is -3.68. The highest BCUT2D eigenvalue weighted by Crippen LogP contribution is 2.19. The Morgan fingerprint density at radius 2 is 2.23 bits per heavy atom. The number of nitrogens with zero attached hydrogens (tertiary/aromatic N) is 4. The lowest BCUT2D eigenvalue weighted by Crippen LogP contribution is -2.23. The zero-order chi connectivity index (χ0) is 17.9. The molecule has 0 spiro atoms. The largest absolute Gasteiger partial charge is 0.463 e. The van der Waals surface area contributed by atoms with Crippen LogP contribution in [0.5, 0.6) is 0 Å². The second-order valence-corrected chi connectivity index (χ2v) is 5.75. The lowest BCUT2D eigenvalue weighted by molar-refractivity contribution is 0.0946. The van der Waals surface area contributed by atoms with Gasteiger partial charge in [-0.1, -0.05) is 0 Å². The van der Waals surface area contributed by atoms with Crippen molar-refractivity contribution in [1.29, 1.82) is 0 Å². The SMILES string of the molecule is Cn1nccc1-c1cncc(CNC(=O)c2cc(-c3ccco3)[nH]n2)c1. The lowest BCUT2D eigenvalue weighted by atomic mass is 10.1. The van der Waals surface area contributed by atoms with E-state index in [0.717, 1.165) is 16.8 Å². The van der Waals surface area contributed by atoms with Crippen molar-refractivity contribution in [3.63, 3.8) is 0 Å². The van der Waals surface area contributed by atoms with Gasteiger partial charge in [-0.15, -0.1) is 0 Å². The Kier molecular flexibility index (Phi) is 4.06. The quantitative estimate of drug-likeness (QED) is 0.577. The van der Waals surface area contributed by atoms with Gasteiger partial charge in [-0.2, -0.15) is 10.2 Å². The zero-order valence-electron chi connectivity index (χ0n) is 14.0. The number of hydrogen-bond acceptors (Lipinski definition) is 5. The Morgan fingerprint density at radius 3 is 3.00 bits per heavy atom. The van der Waals surface area contributed by atoms with Crippen LogP contribution in [0, 0.1) is 0 Å². The minimum Gasteiger partial charge on any atom is -0.463 e. The Balaban J connectivity index is 1.44. The van der Waals surface area contributed by atoms with Gasteiger partial charge in [-0.25, -0.2) is 0 Å². The van der Waals surface area contributed by atoms with Gasteiger partial charge in [-0.3, -0.25) is 19.6 Å². The van der Waals surface area contributed by atoms with E-state index in [1.807, 2.05) is 19.2 Å². The average Bonchev–Trinajstić information content (AvgIpc) is 3.40. The van der Waals surface area contributed by atoms with Crippen LogP contribution in [0.3, 0.4) is 0 Å². The molecule has 0 atom stereocenters. The molecule has 0 unspecified atom stereocenters. The number of rotatable bonds is 5. The summed E-state index contributed by atoms with van der Waals surface area (Å²) in [7, 11) is 1.87. The summed E-state index contributed by atoms with van der Waals surface area (Å²) in [6.07, 6.45) is 6.79. The van der Waals surface area contributed by atoms with Crippen LogP contribution in [-0.2, 0) is 13.6 Å². The summed E-state index contributed by atoms with van der Waals surface area (Å²) in [5, 5.41) is 13.8. The molecular weight excluding hydrogens is 332 g/mol. The maximum Gasteiger partial charge on any atom is 0.272 e. The fourth-order valence-electron chi connectivity index (χ4n) is 2.65. The maximum absolute atomic E-state index is 12.3. The van der Waals surface area contributed by atoms with E-state index >= 15 is 0 Å². The first kappa shape index (κ1) is 15.8. The molecule has 4 heterocycles. The normalized spacial score (nSPS) is 10.8. The summed E-state index contributed by atoms with van der Waals surface area (Å²) >= 11 is 0. The summed E-state index contributed by atoms with van der Waals surface area (Å²) < 4.78 is 7.06. The molecule has 130 valence electrons. The number of H-pyrrole nitrogens is 1. The summed E-state index contributed by atoms with van der Waals surface area (Å²) in [5.74, 6) is 0.356. The molecule has 0 radical (unpaired) electrons. The van der Waals surface area contributed by atoms with Crippen molar-refractivity contribution in [1.82, 2.24) is 30.3 Å². The van der Waals surface area contributed by atoms with Gasteiger partial charge in [0.1, 0.15) is 5.69 Å². The molecule has 0 aliphatic heterocycles. The Labute approximate surface area is 148 Å². The number of pyridine rings is 1. The van der Waals surface area contributed by atoms with Gasteiger partial charge in [0.05, 0.1) is 12.0 Å². The molecule has 0 aliphatic carbocycles. The van der Waals surface area contributed by atoms with Gasteiger partial charge in [0.15, 0.2) is 11.5 Å². The van der Waals surface area contributed by atoms with Crippen molar-refractivity contribution in [3.8, 4) is 22.7 Å². The van der Waals surface area contributed by atoms with E-state index in [4.69, 9.17) is 4.42 Å². The second kappa shape index (κ2) is 6.67. The number of nitrogens with one attached hydrogen (secondary N) is 2. The van der Waals surface area contributed by atoms with Crippen molar-refractivity contribution in [2.75, 3.05) is 0 Å². The first-order valence-corrected chi connectivity index (χ1v) is 8.00. The summed E-state index contributed by atoms with van der Waals surface area (Å²) in [6, 6.07) is 9.11. The topological polar surface area (TPSA) is 102 Å². The minimum absolute atomic E-state index is 0.273. The van der Waals surface area contributed by atoms with Crippen molar-refractivity contribution >= 4 is 5.91 Å². The van der Waals surface area contributed by atoms with Gasteiger partial charge >= 0.3 is 0 Å². The van der Waals surface area contributed by atoms with Crippen LogP contribution in [0.4, 0.5) is 0 Å². The highest BCUT2D eigenvalue weighted by atomic mass is 16.3. The van der Waals surface area contributed by atoms with Gasteiger partial charge in [0.25, 0.3) is 5.91 Å². The van der Waals surface area contributed by atoms with E-state index in [-0.39, 0.29) is 5.91 Å². The van der Waals surface area contributed by atoms with Gasteiger partial charge in [-0.05, 0) is 29.8 Å². The van der Waals surface area contributed by atoms with Crippen LogP contribution in [0.2, 0.25) is 0 Å². The van der Waals surface area contributed by atoms with E-state index in [1.54, 1.807) is 47.7 Å². The number of aryl methyl sites for hydroxylation is 1. The molecule has 0 fully saturated rings. The van der Waals surface area contributed by atoms with Crippen molar-refractivity contribution in [2.45, 2.75) is 6.54 Å². The van der Waals surface area contributed by atoms with Gasteiger partial charge < -0.3 is 9.73 Å². The smallest absolute Gasteiger partial charge is 0.272 e.